The molecular weight excluding hydrogens is 266 g/mol. The third kappa shape index (κ3) is 2.52. The van der Waals surface area contributed by atoms with E-state index in [1.165, 1.54) is 25.8 Å². The molecule has 3 heterocycles. The minimum Gasteiger partial charge on any atom is -0.395 e. The van der Waals surface area contributed by atoms with Crippen molar-refractivity contribution in [2.75, 3.05) is 25.4 Å². The van der Waals surface area contributed by atoms with Crippen LogP contribution in [0.5, 0.6) is 0 Å². The number of nitrogen functional groups attached to an aromatic ring is 1. The van der Waals surface area contributed by atoms with E-state index >= 15 is 0 Å². The molecule has 21 heavy (non-hydrogen) atoms. The van der Waals surface area contributed by atoms with Crippen molar-refractivity contribution in [3.63, 3.8) is 0 Å². The topological polar surface area (TPSA) is 78.2 Å². The van der Waals surface area contributed by atoms with Crippen LogP contribution in [-0.4, -0.2) is 57.6 Å². The van der Waals surface area contributed by atoms with Crippen molar-refractivity contribution in [3.05, 3.63) is 11.4 Å². The molecule has 1 aromatic heterocycles. The normalized spacial score (nSPS) is 26.7. The number of carbonyl (C=O) groups is 1. The molecule has 2 fully saturated rings. The molecule has 3 N–H and O–H groups in total. The van der Waals surface area contributed by atoms with Crippen LogP contribution in [0.25, 0.3) is 0 Å². The standard InChI is InChI=1S/C15H25N5O/c1-3-12-13(16)14(18-17-12)15(21)20-9-11-6-4-5-7-19(11)8-10(20)2/h10-11H,3-9,16H2,1-2H3,(H,17,18). The highest BCUT2D eigenvalue weighted by Crippen LogP contribution is 2.26. The van der Waals surface area contributed by atoms with Crippen LogP contribution in [0.4, 0.5) is 5.69 Å². The highest BCUT2D eigenvalue weighted by Gasteiger charge is 2.36. The first-order chi connectivity index (χ1) is 10.1. The van der Waals surface area contributed by atoms with E-state index < -0.39 is 0 Å². The van der Waals surface area contributed by atoms with Gasteiger partial charge in [-0.3, -0.25) is 14.8 Å². The maximum atomic E-state index is 12.8. The lowest BCUT2D eigenvalue weighted by atomic mass is 9.97. The number of nitrogens with zero attached hydrogens (tertiary/aromatic N) is 3. The van der Waals surface area contributed by atoms with E-state index in [-0.39, 0.29) is 11.9 Å². The highest BCUT2D eigenvalue weighted by atomic mass is 16.2. The first kappa shape index (κ1) is 14.4. The third-order valence-corrected chi connectivity index (χ3v) is 4.89. The predicted molar refractivity (Wildman–Crippen MR) is 82.1 cm³/mol. The van der Waals surface area contributed by atoms with Crippen LogP contribution in [0.15, 0.2) is 0 Å². The molecule has 6 nitrogen and oxygen atoms in total. The Morgan fingerprint density at radius 3 is 2.95 bits per heavy atom. The van der Waals surface area contributed by atoms with Crippen LogP contribution in [0, 0.1) is 0 Å². The molecule has 116 valence electrons. The zero-order valence-corrected chi connectivity index (χ0v) is 12.9. The van der Waals surface area contributed by atoms with Gasteiger partial charge < -0.3 is 10.6 Å². The number of fused-ring (bicyclic) bond motifs is 1. The molecule has 2 aliphatic heterocycles. The molecule has 2 atom stereocenters. The summed E-state index contributed by atoms with van der Waals surface area (Å²) in [6.07, 6.45) is 4.50. The molecule has 0 radical (unpaired) electrons. The number of hydrogen-bond acceptors (Lipinski definition) is 4. The Morgan fingerprint density at radius 1 is 1.43 bits per heavy atom. The van der Waals surface area contributed by atoms with Gasteiger partial charge in [0.15, 0.2) is 5.69 Å². The van der Waals surface area contributed by atoms with E-state index in [0.29, 0.717) is 17.4 Å². The third-order valence-electron chi connectivity index (χ3n) is 4.89. The van der Waals surface area contributed by atoms with E-state index in [1.54, 1.807) is 0 Å². The smallest absolute Gasteiger partial charge is 0.276 e. The SMILES string of the molecule is CCc1[nH]nc(C(=O)N2CC3CCCCN3CC2C)c1N. The number of hydrogen-bond donors (Lipinski definition) is 2. The van der Waals surface area contributed by atoms with Crippen LogP contribution < -0.4 is 5.73 Å². The number of piperazine rings is 1. The number of aromatic nitrogens is 2. The van der Waals surface area contributed by atoms with Crippen molar-refractivity contribution < 1.29 is 4.79 Å². The Balaban J connectivity index is 1.78. The summed E-state index contributed by atoms with van der Waals surface area (Å²) in [6, 6.07) is 0.720. The number of rotatable bonds is 2. The molecule has 0 bridgehead atoms. The van der Waals surface area contributed by atoms with Crippen LogP contribution in [0.2, 0.25) is 0 Å². The van der Waals surface area contributed by atoms with E-state index in [4.69, 9.17) is 5.73 Å². The van der Waals surface area contributed by atoms with Gasteiger partial charge in [-0.25, -0.2) is 0 Å². The number of H-pyrrole nitrogens is 1. The van der Waals surface area contributed by atoms with Crippen molar-refractivity contribution in [2.24, 2.45) is 0 Å². The summed E-state index contributed by atoms with van der Waals surface area (Å²) in [6.45, 7) is 7.05. The summed E-state index contributed by atoms with van der Waals surface area (Å²) in [5.74, 6) is -0.0267. The first-order valence-corrected chi connectivity index (χ1v) is 7.99. The molecule has 6 heteroatoms. The van der Waals surface area contributed by atoms with E-state index in [1.807, 2.05) is 11.8 Å². The largest absolute Gasteiger partial charge is 0.395 e. The summed E-state index contributed by atoms with van der Waals surface area (Å²) in [5.41, 5.74) is 7.80. The Labute approximate surface area is 125 Å². The van der Waals surface area contributed by atoms with E-state index in [2.05, 4.69) is 22.0 Å². The van der Waals surface area contributed by atoms with Crippen LogP contribution >= 0.6 is 0 Å². The number of nitrogens with one attached hydrogen (secondary N) is 1. The number of aromatic amines is 1. The first-order valence-electron chi connectivity index (χ1n) is 7.99. The van der Waals surface area contributed by atoms with E-state index in [9.17, 15) is 4.79 Å². The van der Waals surface area contributed by atoms with Crippen molar-refractivity contribution in [1.29, 1.82) is 0 Å². The summed E-state index contributed by atoms with van der Waals surface area (Å²) in [4.78, 5) is 17.3. The Kier molecular flexibility index (Phi) is 3.89. The average Bonchev–Trinajstić information content (AvgIpc) is 2.86. The van der Waals surface area contributed by atoms with Gasteiger partial charge in [-0.2, -0.15) is 5.10 Å². The van der Waals surface area contributed by atoms with Gasteiger partial charge in [-0.05, 0) is 32.7 Å². The molecule has 3 rings (SSSR count). The summed E-state index contributed by atoms with van der Waals surface area (Å²) < 4.78 is 0. The van der Waals surface area contributed by atoms with Crippen LogP contribution in [-0.2, 0) is 6.42 Å². The second-order valence-corrected chi connectivity index (χ2v) is 6.27. The Hall–Kier alpha value is -1.56. The van der Waals surface area contributed by atoms with Gasteiger partial charge in [-0.15, -0.1) is 0 Å². The number of aryl methyl sites for hydroxylation is 1. The van der Waals surface area contributed by atoms with Crippen LogP contribution in [0.3, 0.4) is 0 Å². The summed E-state index contributed by atoms with van der Waals surface area (Å²) >= 11 is 0. The molecule has 2 unspecified atom stereocenters. The number of carbonyl (C=O) groups excluding carboxylic acids is 1. The van der Waals surface area contributed by atoms with Gasteiger partial charge in [0, 0.05) is 25.2 Å². The number of amides is 1. The average molecular weight is 291 g/mol. The van der Waals surface area contributed by atoms with Crippen molar-refractivity contribution >= 4 is 11.6 Å². The molecule has 0 aliphatic carbocycles. The fraction of sp³-hybridized carbons (Fsp3) is 0.733. The van der Waals surface area contributed by atoms with Gasteiger partial charge in [0.2, 0.25) is 0 Å². The molecule has 0 aromatic carbocycles. The maximum absolute atomic E-state index is 12.8. The fourth-order valence-electron chi connectivity index (χ4n) is 3.59. The summed E-state index contributed by atoms with van der Waals surface area (Å²) in [7, 11) is 0. The molecule has 1 amide bonds. The maximum Gasteiger partial charge on any atom is 0.276 e. The number of anilines is 1. The van der Waals surface area contributed by atoms with Crippen LogP contribution in [0.1, 0.15) is 49.3 Å². The molecule has 2 aliphatic rings. The van der Waals surface area contributed by atoms with E-state index in [0.717, 1.165) is 25.2 Å². The Morgan fingerprint density at radius 2 is 2.24 bits per heavy atom. The lowest BCUT2D eigenvalue weighted by molar-refractivity contribution is 0.0148. The minimum absolute atomic E-state index is 0.0267. The Bertz CT molecular complexity index is 526. The van der Waals surface area contributed by atoms with Crippen molar-refractivity contribution in [1.82, 2.24) is 20.0 Å². The van der Waals surface area contributed by atoms with Gasteiger partial charge in [-0.1, -0.05) is 13.3 Å². The molecular formula is C15H25N5O. The fourth-order valence-corrected chi connectivity index (χ4v) is 3.59. The van der Waals surface area contributed by atoms with Gasteiger partial charge >= 0.3 is 0 Å². The zero-order valence-electron chi connectivity index (χ0n) is 12.9. The highest BCUT2D eigenvalue weighted by molar-refractivity contribution is 5.97. The zero-order chi connectivity index (χ0) is 15.0. The second-order valence-electron chi connectivity index (χ2n) is 6.27. The second kappa shape index (κ2) is 5.67. The molecule has 0 spiro atoms. The minimum atomic E-state index is -0.0267. The lowest BCUT2D eigenvalue weighted by Crippen LogP contribution is -2.60. The number of piperidine rings is 1. The van der Waals surface area contributed by atoms with Gasteiger partial charge in [0.1, 0.15) is 0 Å². The molecule has 0 saturated carbocycles. The lowest BCUT2D eigenvalue weighted by Gasteiger charge is -2.47. The van der Waals surface area contributed by atoms with Crippen molar-refractivity contribution in [2.45, 2.75) is 51.6 Å². The summed E-state index contributed by atoms with van der Waals surface area (Å²) in [5, 5.41) is 7.03. The predicted octanol–water partition coefficient (Wildman–Crippen LogP) is 1.25. The van der Waals surface area contributed by atoms with Crippen molar-refractivity contribution in [3.8, 4) is 0 Å². The molecule has 2 saturated heterocycles. The quantitative estimate of drug-likeness (QED) is 0.859. The monoisotopic (exact) mass is 291 g/mol. The molecule has 1 aromatic rings. The van der Waals surface area contributed by atoms with Gasteiger partial charge in [0.05, 0.1) is 11.4 Å². The van der Waals surface area contributed by atoms with Gasteiger partial charge in [0.25, 0.3) is 5.91 Å². The number of nitrogens with two attached hydrogens (primary N) is 1.